The molecule has 0 aromatic heterocycles. The fraction of sp³-hybridized carbons (Fsp3) is 0.550. The van der Waals surface area contributed by atoms with Gasteiger partial charge in [0.25, 0.3) is 5.91 Å². The van der Waals surface area contributed by atoms with Crippen molar-refractivity contribution in [3.8, 4) is 0 Å². The number of rotatable bonds is 6. The van der Waals surface area contributed by atoms with Gasteiger partial charge in [-0.3, -0.25) is 14.5 Å². The Bertz CT molecular complexity index is 784. The molecular weight excluding hydrogens is 380 g/mol. The third-order valence-corrected chi connectivity index (χ3v) is 5.47. The Labute approximate surface area is 171 Å². The lowest BCUT2D eigenvalue weighted by molar-refractivity contribution is -0.135. The van der Waals surface area contributed by atoms with E-state index < -0.39 is 17.1 Å². The zero-order chi connectivity index (χ0) is 19.8. The second kappa shape index (κ2) is 8.09. The Kier molecular flexibility index (Phi) is 6.41. The Morgan fingerprint density at radius 3 is 2.68 bits per heavy atom. The average molecular weight is 409 g/mol. The molecule has 2 unspecified atom stereocenters. The molecule has 0 saturated carbocycles. The van der Waals surface area contributed by atoms with E-state index in [9.17, 15) is 14.4 Å². The molecule has 1 spiro atoms. The average Bonchev–Trinajstić information content (AvgIpc) is 3.08. The molecular formula is C20H29ClN4O3. The van der Waals surface area contributed by atoms with E-state index >= 15 is 0 Å². The molecule has 0 bridgehead atoms. The summed E-state index contributed by atoms with van der Waals surface area (Å²) in [5.74, 6) is -0.379. The van der Waals surface area contributed by atoms with E-state index in [1.165, 1.54) is 0 Å². The fourth-order valence-corrected chi connectivity index (χ4v) is 4.34. The van der Waals surface area contributed by atoms with Crippen LogP contribution in [0.5, 0.6) is 0 Å². The number of nitrogens with one attached hydrogen (secondary N) is 2. The number of carbonyl (C=O) groups excluding carboxylic acids is 3. The van der Waals surface area contributed by atoms with Gasteiger partial charge in [-0.2, -0.15) is 0 Å². The molecule has 154 valence electrons. The van der Waals surface area contributed by atoms with Gasteiger partial charge in [-0.1, -0.05) is 38.1 Å². The second-order valence-corrected chi connectivity index (χ2v) is 8.29. The van der Waals surface area contributed by atoms with Crippen LogP contribution in [0.1, 0.15) is 44.7 Å². The van der Waals surface area contributed by atoms with Gasteiger partial charge in [0.15, 0.2) is 0 Å². The maximum atomic E-state index is 13.1. The van der Waals surface area contributed by atoms with Crippen LogP contribution in [0, 0.1) is 5.92 Å². The summed E-state index contributed by atoms with van der Waals surface area (Å²) in [5.41, 5.74) is 6.13. The number of imide groups is 1. The van der Waals surface area contributed by atoms with Crippen molar-refractivity contribution in [1.29, 1.82) is 0 Å². The standard InChI is InChI=1S/C20H28N4O3.ClH/c1-13(2)10-19(3,12-21)22-16(25)11-24-17(26)20(23-18(24)27)9-8-14-6-4-5-7-15(14)20;/h4-7,13H,8-12,21H2,1-3H3,(H,22,25)(H,23,27);1H. The van der Waals surface area contributed by atoms with E-state index in [4.69, 9.17) is 5.73 Å². The molecule has 7 nitrogen and oxygen atoms in total. The smallest absolute Gasteiger partial charge is 0.325 e. The molecule has 2 atom stereocenters. The molecule has 28 heavy (non-hydrogen) atoms. The minimum Gasteiger partial charge on any atom is -0.348 e. The second-order valence-electron chi connectivity index (χ2n) is 8.29. The van der Waals surface area contributed by atoms with Crippen molar-refractivity contribution < 1.29 is 14.4 Å². The third kappa shape index (κ3) is 3.86. The lowest BCUT2D eigenvalue weighted by Crippen LogP contribution is -2.55. The number of nitrogens with two attached hydrogens (primary N) is 1. The van der Waals surface area contributed by atoms with Gasteiger partial charge in [-0.05, 0) is 43.2 Å². The lowest BCUT2D eigenvalue weighted by Gasteiger charge is -2.31. The quantitative estimate of drug-likeness (QED) is 0.623. The molecule has 2 aliphatic rings. The van der Waals surface area contributed by atoms with Crippen molar-refractivity contribution >= 4 is 30.3 Å². The molecule has 1 saturated heterocycles. The van der Waals surface area contributed by atoms with Crippen molar-refractivity contribution in [2.24, 2.45) is 11.7 Å². The molecule has 0 radical (unpaired) electrons. The van der Waals surface area contributed by atoms with Crippen LogP contribution in [0.4, 0.5) is 4.79 Å². The predicted octanol–water partition coefficient (Wildman–Crippen LogP) is 1.68. The van der Waals surface area contributed by atoms with Crippen molar-refractivity contribution in [1.82, 2.24) is 15.5 Å². The molecule has 1 aliphatic heterocycles. The largest absolute Gasteiger partial charge is 0.348 e. The van der Waals surface area contributed by atoms with E-state index in [-0.39, 0.29) is 37.3 Å². The number of aryl methyl sites for hydroxylation is 1. The van der Waals surface area contributed by atoms with E-state index in [1.807, 2.05) is 31.2 Å². The van der Waals surface area contributed by atoms with Crippen LogP contribution in [-0.4, -0.2) is 41.4 Å². The third-order valence-electron chi connectivity index (χ3n) is 5.47. The highest BCUT2D eigenvalue weighted by atomic mass is 35.5. The zero-order valence-corrected chi connectivity index (χ0v) is 17.4. The normalized spacial score (nSPS) is 22.7. The number of hydrogen-bond donors (Lipinski definition) is 3. The van der Waals surface area contributed by atoms with E-state index in [0.717, 1.165) is 22.4 Å². The number of nitrogens with zero attached hydrogens (tertiary/aromatic N) is 1. The highest BCUT2D eigenvalue weighted by molar-refractivity contribution is 6.09. The number of amides is 4. The minimum atomic E-state index is -1.04. The van der Waals surface area contributed by atoms with Gasteiger partial charge in [0.05, 0.1) is 0 Å². The van der Waals surface area contributed by atoms with Gasteiger partial charge in [0, 0.05) is 12.1 Å². The molecule has 1 aliphatic carbocycles. The summed E-state index contributed by atoms with van der Waals surface area (Å²) in [6, 6.07) is 7.10. The molecule has 1 aromatic carbocycles. The van der Waals surface area contributed by atoms with Crippen LogP contribution in [0.25, 0.3) is 0 Å². The molecule has 1 aromatic rings. The topological polar surface area (TPSA) is 105 Å². The molecule has 1 fully saturated rings. The van der Waals surface area contributed by atoms with Crippen LogP contribution in [0.15, 0.2) is 24.3 Å². The Hall–Kier alpha value is -2.12. The van der Waals surface area contributed by atoms with Gasteiger partial charge < -0.3 is 16.4 Å². The maximum absolute atomic E-state index is 13.1. The van der Waals surface area contributed by atoms with E-state index in [0.29, 0.717) is 18.8 Å². The van der Waals surface area contributed by atoms with Crippen LogP contribution >= 0.6 is 12.4 Å². The highest BCUT2D eigenvalue weighted by Gasteiger charge is 2.55. The number of halogens is 1. The number of carbonyl (C=O) groups is 3. The maximum Gasteiger partial charge on any atom is 0.325 e. The summed E-state index contributed by atoms with van der Waals surface area (Å²) < 4.78 is 0. The van der Waals surface area contributed by atoms with Gasteiger partial charge in [-0.15, -0.1) is 12.4 Å². The van der Waals surface area contributed by atoms with Crippen molar-refractivity contribution in [2.75, 3.05) is 13.1 Å². The number of hydrogen-bond acceptors (Lipinski definition) is 4. The van der Waals surface area contributed by atoms with E-state index in [2.05, 4.69) is 24.5 Å². The van der Waals surface area contributed by atoms with Crippen molar-refractivity contribution in [3.05, 3.63) is 35.4 Å². The number of urea groups is 1. The lowest BCUT2D eigenvalue weighted by atomic mass is 9.90. The minimum absolute atomic E-state index is 0. The van der Waals surface area contributed by atoms with Gasteiger partial charge >= 0.3 is 6.03 Å². The summed E-state index contributed by atoms with van der Waals surface area (Å²) in [4.78, 5) is 39.2. The molecule has 8 heteroatoms. The molecule has 4 N–H and O–H groups in total. The summed E-state index contributed by atoms with van der Waals surface area (Å²) in [6.07, 6.45) is 1.96. The first-order chi connectivity index (χ1) is 12.7. The fourth-order valence-electron chi connectivity index (χ4n) is 4.34. The predicted molar refractivity (Wildman–Crippen MR) is 109 cm³/mol. The Balaban J connectivity index is 0.00000280. The first kappa shape index (κ1) is 22.2. The first-order valence-electron chi connectivity index (χ1n) is 9.44. The van der Waals surface area contributed by atoms with Crippen LogP contribution in [0.3, 0.4) is 0 Å². The molecule has 1 heterocycles. The van der Waals surface area contributed by atoms with Crippen LogP contribution in [-0.2, 0) is 21.5 Å². The highest BCUT2D eigenvalue weighted by Crippen LogP contribution is 2.41. The Morgan fingerprint density at radius 2 is 2.04 bits per heavy atom. The summed E-state index contributed by atoms with van der Waals surface area (Å²) in [6.45, 7) is 5.97. The Morgan fingerprint density at radius 1 is 1.36 bits per heavy atom. The van der Waals surface area contributed by atoms with Crippen molar-refractivity contribution in [3.63, 3.8) is 0 Å². The SMILES string of the molecule is CC(C)CC(C)(CN)NC(=O)CN1C(=O)NC2(CCc3ccccc32)C1=O.Cl. The van der Waals surface area contributed by atoms with Gasteiger partial charge in [0.1, 0.15) is 12.1 Å². The van der Waals surface area contributed by atoms with Gasteiger partial charge in [-0.25, -0.2) is 4.79 Å². The van der Waals surface area contributed by atoms with E-state index in [1.54, 1.807) is 0 Å². The number of fused-ring (bicyclic) bond motifs is 2. The van der Waals surface area contributed by atoms with Gasteiger partial charge in [0.2, 0.25) is 5.91 Å². The monoisotopic (exact) mass is 408 g/mol. The molecule has 4 amide bonds. The summed E-state index contributed by atoms with van der Waals surface area (Å²) in [5, 5.41) is 5.74. The summed E-state index contributed by atoms with van der Waals surface area (Å²) >= 11 is 0. The summed E-state index contributed by atoms with van der Waals surface area (Å²) in [7, 11) is 0. The van der Waals surface area contributed by atoms with Crippen LogP contribution < -0.4 is 16.4 Å². The van der Waals surface area contributed by atoms with Crippen LogP contribution in [0.2, 0.25) is 0 Å². The number of benzene rings is 1. The molecule has 3 rings (SSSR count). The first-order valence-corrected chi connectivity index (χ1v) is 9.44. The zero-order valence-electron chi connectivity index (χ0n) is 16.6. The van der Waals surface area contributed by atoms with Crippen molar-refractivity contribution in [2.45, 2.75) is 51.1 Å².